The molecule has 0 saturated carbocycles. The van der Waals surface area contributed by atoms with Crippen molar-refractivity contribution in [1.82, 2.24) is 10.2 Å². The molecule has 0 radical (unpaired) electrons. The maximum absolute atomic E-state index is 12.5. The Morgan fingerprint density at radius 1 is 0.964 bits per heavy atom. The minimum Gasteiger partial charge on any atom is -0.368 e. The zero-order chi connectivity index (χ0) is 19.9. The van der Waals surface area contributed by atoms with Gasteiger partial charge in [0.15, 0.2) is 0 Å². The fourth-order valence-corrected chi connectivity index (χ4v) is 3.31. The van der Waals surface area contributed by atoms with E-state index in [-0.39, 0.29) is 11.9 Å². The first kappa shape index (κ1) is 19.7. The number of rotatable bonds is 5. The predicted octanol–water partition coefficient (Wildman–Crippen LogP) is 3.38. The molecule has 0 spiro atoms. The Kier molecular flexibility index (Phi) is 6.53. The fraction of sp³-hybridized carbons (Fsp3) is 0.364. The fourth-order valence-electron chi connectivity index (χ4n) is 3.31. The zero-order valence-electron chi connectivity index (χ0n) is 16.6. The second-order valence-corrected chi connectivity index (χ2v) is 7.02. The van der Waals surface area contributed by atoms with E-state index in [0.29, 0.717) is 26.1 Å². The number of nitrogens with zero attached hydrogens (tertiary/aromatic N) is 2. The van der Waals surface area contributed by atoms with Crippen molar-refractivity contribution < 1.29 is 9.59 Å². The van der Waals surface area contributed by atoms with Crippen LogP contribution in [0.2, 0.25) is 0 Å². The van der Waals surface area contributed by atoms with Gasteiger partial charge >= 0.3 is 6.03 Å². The molecule has 1 saturated heterocycles. The normalized spacial score (nSPS) is 13.9. The van der Waals surface area contributed by atoms with Crippen LogP contribution in [0.5, 0.6) is 0 Å². The van der Waals surface area contributed by atoms with Gasteiger partial charge in [0, 0.05) is 50.5 Å². The van der Waals surface area contributed by atoms with E-state index in [9.17, 15) is 9.59 Å². The molecule has 0 aromatic heterocycles. The number of piperazine rings is 1. The molecule has 1 heterocycles. The first-order valence-electron chi connectivity index (χ1n) is 9.79. The van der Waals surface area contributed by atoms with Crippen molar-refractivity contribution in [3.8, 4) is 0 Å². The molecule has 2 aromatic carbocycles. The average molecular weight is 380 g/mol. The molecular formula is C22H28N4O2. The molecule has 28 heavy (non-hydrogen) atoms. The van der Waals surface area contributed by atoms with Crippen molar-refractivity contribution in [2.24, 2.45) is 0 Å². The van der Waals surface area contributed by atoms with E-state index < -0.39 is 0 Å². The van der Waals surface area contributed by atoms with Crippen molar-refractivity contribution in [2.45, 2.75) is 26.8 Å². The Morgan fingerprint density at radius 2 is 1.64 bits per heavy atom. The average Bonchev–Trinajstić information content (AvgIpc) is 2.73. The highest BCUT2D eigenvalue weighted by Gasteiger charge is 2.21. The third-order valence-electron chi connectivity index (χ3n) is 5.03. The Labute approximate surface area is 166 Å². The summed E-state index contributed by atoms with van der Waals surface area (Å²) >= 11 is 0. The number of benzene rings is 2. The van der Waals surface area contributed by atoms with Crippen LogP contribution in [-0.2, 0) is 11.3 Å². The third-order valence-corrected chi connectivity index (χ3v) is 5.03. The van der Waals surface area contributed by atoms with E-state index in [4.69, 9.17) is 0 Å². The number of para-hydroxylation sites is 1. The van der Waals surface area contributed by atoms with Gasteiger partial charge in [-0.25, -0.2) is 4.79 Å². The lowest BCUT2D eigenvalue weighted by atomic mass is 10.1. The lowest BCUT2D eigenvalue weighted by Gasteiger charge is -2.36. The first-order valence-corrected chi connectivity index (χ1v) is 9.79. The number of carbonyl (C=O) groups is 2. The molecule has 3 rings (SSSR count). The van der Waals surface area contributed by atoms with E-state index in [0.717, 1.165) is 24.3 Å². The molecule has 148 valence electrons. The summed E-state index contributed by atoms with van der Waals surface area (Å²) in [6, 6.07) is 15.9. The van der Waals surface area contributed by atoms with Gasteiger partial charge in [0.2, 0.25) is 5.91 Å². The number of hydrogen-bond acceptors (Lipinski definition) is 3. The summed E-state index contributed by atoms with van der Waals surface area (Å²) in [4.78, 5) is 28.1. The Hall–Kier alpha value is -3.02. The second kappa shape index (κ2) is 9.26. The van der Waals surface area contributed by atoms with Crippen molar-refractivity contribution in [1.29, 1.82) is 0 Å². The third kappa shape index (κ3) is 5.03. The summed E-state index contributed by atoms with van der Waals surface area (Å²) in [5.41, 5.74) is 4.28. The SMILES string of the molecule is CCC(=O)Nc1ccc(CNC(=O)N2CCN(c3ccccc3C)CC2)cc1. The monoisotopic (exact) mass is 380 g/mol. The molecule has 1 aliphatic heterocycles. The highest BCUT2D eigenvalue weighted by atomic mass is 16.2. The lowest BCUT2D eigenvalue weighted by molar-refractivity contribution is -0.115. The van der Waals surface area contributed by atoms with Gasteiger partial charge in [-0.2, -0.15) is 0 Å². The van der Waals surface area contributed by atoms with Gasteiger partial charge in [-0.3, -0.25) is 4.79 Å². The number of hydrogen-bond donors (Lipinski definition) is 2. The minimum absolute atomic E-state index is 0.00843. The van der Waals surface area contributed by atoms with Crippen LogP contribution in [0.1, 0.15) is 24.5 Å². The number of carbonyl (C=O) groups excluding carboxylic acids is 2. The molecule has 0 aliphatic carbocycles. The van der Waals surface area contributed by atoms with Crippen molar-refractivity contribution in [3.05, 3.63) is 59.7 Å². The number of amides is 3. The van der Waals surface area contributed by atoms with Crippen LogP contribution in [0.15, 0.2) is 48.5 Å². The largest absolute Gasteiger partial charge is 0.368 e. The Bertz CT molecular complexity index is 812. The van der Waals surface area contributed by atoms with Crippen LogP contribution in [-0.4, -0.2) is 43.0 Å². The van der Waals surface area contributed by atoms with E-state index in [2.05, 4.69) is 40.7 Å². The molecule has 0 bridgehead atoms. The summed E-state index contributed by atoms with van der Waals surface area (Å²) in [6.45, 7) is 7.50. The highest BCUT2D eigenvalue weighted by molar-refractivity contribution is 5.90. The van der Waals surface area contributed by atoms with E-state index >= 15 is 0 Å². The summed E-state index contributed by atoms with van der Waals surface area (Å²) in [6.07, 6.45) is 0.453. The van der Waals surface area contributed by atoms with Crippen LogP contribution >= 0.6 is 0 Å². The molecule has 1 aliphatic rings. The van der Waals surface area contributed by atoms with Gasteiger partial charge in [-0.05, 0) is 36.2 Å². The Balaban J connectivity index is 1.46. The van der Waals surface area contributed by atoms with Crippen molar-refractivity contribution in [3.63, 3.8) is 0 Å². The maximum atomic E-state index is 12.5. The molecule has 6 heteroatoms. The predicted molar refractivity (Wildman–Crippen MR) is 113 cm³/mol. The van der Waals surface area contributed by atoms with Crippen molar-refractivity contribution in [2.75, 3.05) is 36.4 Å². The standard InChI is InChI=1S/C22H28N4O2/c1-3-21(27)24-19-10-8-18(9-11-19)16-23-22(28)26-14-12-25(13-15-26)20-7-5-4-6-17(20)2/h4-11H,3,12-16H2,1-2H3,(H,23,28)(H,24,27). The molecule has 2 N–H and O–H groups in total. The number of aryl methyl sites for hydroxylation is 1. The van der Waals surface area contributed by atoms with Crippen LogP contribution in [0.4, 0.5) is 16.2 Å². The van der Waals surface area contributed by atoms with Crippen LogP contribution in [0.25, 0.3) is 0 Å². The van der Waals surface area contributed by atoms with Crippen LogP contribution in [0, 0.1) is 6.92 Å². The van der Waals surface area contributed by atoms with Gasteiger partial charge in [-0.15, -0.1) is 0 Å². The van der Waals surface area contributed by atoms with Gasteiger partial charge in [0.1, 0.15) is 0 Å². The number of anilines is 2. The molecule has 2 aromatic rings. The first-order chi connectivity index (χ1) is 13.6. The van der Waals surface area contributed by atoms with Gasteiger partial charge in [0.25, 0.3) is 0 Å². The molecule has 6 nitrogen and oxygen atoms in total. The van der Waals surface area contributed by atoms with E-state index in [1.807, 2.05) is 42.2 Å². The van der Waals surface area contributed by atoms with Gasteiger partial charge < -0.3 is 20.4 Å². The highest BCUT2D eigenvalue weighted by Crippen LogP contribution is 2.20. The second-order valence-electron chi connectivity index (χ2n) is 7.02. The molecular weight excluding hydrogens is 352 g/mol. The lowest BCUT2D eigenvalue weighted by Crippen LogP contribution is -2.51. The Morgan fingerprint density at radius 3 is 2.29 bits per heavy atom. The topological polar surface area (TPSA) is 64.7 Å². The quantitative estimate of drug-likeness (QED) is 0.836. The number of urea groups is 1. The smallest absolute Gasteiger partial charge is 0.317 e. The zero-order valence-corrected chi connectivity index (χ0v) is 16.6. The summed E-state index contributed by atoms with van der Waals surface area (Å²) in [5.74, 6) is -0.00843. The summed E-state index contributed by atoms with van der Waals surface area (Å²) in [5, 5.41) is 5.80. The van der Waals surface area contributed by atoms with E-state index in [1.54, 1.807) is 0 Å². The molecule has 0 atom stereocenters. The van der Waals surface area contributed by atoms with Gasteiger partial charge in [-0.1, -0.05) is 37.3 Å². The van der Waals surface area contributed by atoms with Gasteiger partial charge in [0.05, 0.1) is 0 Å². The van der Waals surface area contributed by atoms with Crippen LogP contribution in [0.3, 0.4) is 0 Å². The van der Waals surface area contributed by atoms with Crippen molar-refractivity contribution >= 4 is 23.3 Å². The maximum Gasteiger partial charge on any atom is 0.317 e. The summed E-state index contributed by atoms with van der Waals surface area (Å²) in [7, 11) is 0. The van der Waals surface area contributed by atoms with Crippen LogP contribution < -0.4 is 15.5 Å². The minimum atomic E-state index is -0.0344. The molecule has 0 unspecified atom stereocenters. The summed E-state index contributed by atoms with van der Waals surface area (Å²) < 4.78 is 0. The molecule has 1 fully saturated rings. The molecule has 3 amide bonds. The number of nitrogens with one attached hydrogen (secondary N) is 2. The van der Waals surface area contributed by atoms with E-state index in [1.165, 1.54) is 11.3 Å².